The normalized spacial score (nSPS) is 17.9. The van der Waals surface area contributed by atoms with Gasteiger partial charge in [0.2, 0.25) is 11.7 Å². The number of imidazole rings is 1. The zero-order valence-corrected chi connectivity index (χ0v) is 16.5. The Balaban J connectivity index is 1.40. The number of fused-ring (bicyclic) bond motifs is 2. The van der Waals surface area contributed by atoms with Gasteiger partial charge in [-0.25, -0.2) is 4.98 Å². The summed E-state index contributed by atoms with van der Waals surface area (Å²) in [4.78, 5) is 23.2. The third-order valence-corrected chi connectivity index (χ3v) is 5.95. The molecular weight excluding hydrogens is 370 g/mol. The van der Waals surface area contributed by atoms with Crippen LogP contribution >= 0.6 is 0 Å². The molecule has 7 nitrogen and oxygen atoms in total. The highest BCUT2D eigenvalue weighted by atomic mass is 16.5. The molecule has 2 aliphatic rings. The second-order valence-corrected chi connectivity index (χ2v) is 7.63. The van der Waals surface area contributed by atoms with E-state index >= 15 is 0 Å². The summed E-state index contributed by atoms with van der Waals surface area (Å²) in [6.45, 7) is 1.52. The van der Waals surface area contributed by atoms with E-state index < -0.39 is 5.60 Å². The van der Waals surface area contributed by atoms with Gasteiger partial charge in [-0.05, 0) is 24.3 Å². The SMILES string of the molecule is COc1ccc2c(c1OC)OC1(CCN(c3nc4ccccc4[nH]3)CC1)CC2=O. The van der Waals surface area contributed by atoms with Crippen molar-refractivity contribution in [2.45, 2.75) is 24.9 Å². The number of benzene rings is 2. The number of nitrogens with one attached hydrogen (secondary N) is 1. The molecule has 1 fully saturated rings. The molecule has 1 spiro atoms. The van der Waals surface area contributed by atoms with Crippen LogP contribution < -0.4 is 19.1 Å². The van der Waals surface area contributed by atoms with E-state index in [1.807, 2.05) is 24.3 Å². The van der Waals surface area contributed by atoms with E-state index in [4.69, 9.17) is 19.2 Å². The average Bonchev–Trinajstić information content (AvgIpc) is 3.17. The Kier molecular flexibility index (Phi) is 4.12. The number of hydrogen-bond donors (Lipinski definition) is 1. The number of nitrogens with zero attached hydrogens (tertiary/aromatic N) is 2. The Hall–Kier alpha value is -3.22. The molecule has 7 heteroatoms. The molecule has 0 aliphatic carbocycles. The highest BCUT2D eigenvalue weighted by molar-refractivity contribution is 6.01. The van der Waals surface area contributed by atoms with Crippen LogP contribution in [-0.2, 0) is 0 Å². The van der Waals surface area contributed by atoms with Gasteiger partial charge in [-0.1, -0.05) is 12.1 Å². The van der Waals surface area contributed by atoms with E-state index in [-0.39, 0.29) is 5.78 Å². The van der Waals surface area contributed by atoms with E-state index in [1.165, 1.54) is 0 Å². The van der Waals surface area contributed by atoms with E-state index in [1.54, 1.807) is 26.4 Å². The summed E-state index contributed by atoms with van der Waals surface area (Å²) in [7, 11) is 3.15. The molecule has 0 bridgehead atoms. The first-order chi connectivity index (χ1) is 14.1. The number of rotatable bonds is 3. The van der Waals surface area contributed by atoms with Crippen molar-refractivity contribution < 1.29 is 19.0 Å². The second-order valence-electron chi connectivity index (χ2n) is 7.63. The summed E-state index contributed by atoms with van der Waals surface area (Å²) in [5, 5.41) is 0. The summed E-state index contributed by atoms with van der Waals surface area (Å²) in [5.41, 5.74) is 2.02. The van der Waals surface area contributed by atoms with Crippen molar-refractivity contribution in [1.29, 1.82) is 0 Å². The Morgan fingerprint density at radius 1 is 1.10 bits per heavy atom. The van der Waals surface area contributed by atoms with Crippen molar-refractivity contribution in [3.05, 3.63) is 42.0 Å². The van der Waals surface area contributed by atoms with Crippen molar-refractivity contribution in [2.24, 2.45) is 0 Å². The first kappa shape index (κ1) is 17.8. The van der Waals surface area contributed by atoms with Crippen molar-refractivity contribution in [3.63, 3.8) is 0 Å². The number of H-pyrrole nitrogens is 1. The van der Waals surface area contributed by atoms with Crippen LogP contribution in [0.2, 0.25) is 0 Å². The first-order valence-electron chi connectivity index (χ1n) is 9.79. The molecule has 150 valence electrons. The summed E-state index contributed by atoms with van der Waals surface area (Å²) < 4.78 is 17.3. The Morgan fingerprint density at radius 3 is 2.62 bits per heavy atom. The van der Waals surface area contributed by atoms with Crippen LogP contribution in [0.1, 0.15) is 29.6 Å². The molecule has 1 aromatic heterocycles. The van der Waals surface area contributed by atoms with Gasteiger partial charge >= 0.3 is 0 Å². The Morgan fingerprint density at radius 2 is 1.90 bits per heavy atom. The largest absolute Gasteiger partial charge is 0.493 e. The van der Waals surface area contributed by atoms with Crippen LogP contribution in [0.4, 0.5) is 5.95 Å². The predicted octanol–water partition coefficient (Wildman–Crippen LogP) is 3.58. The smallest absolute Gasteiger partial charge is 0.204 e. The van der Waals surface area contributed by atoms with Gasteiger partial charge in [-0.15, -0.1) is 0 Å². The van der Waals surface area contributed by atoms with E-state index in [2.05, 4.69) is 9.88 Å². The monoisotopic (exact) mass is 393 g/mol. The zero-order valence-electron chi connectivity index (χ0n) is 16.5. The molecule has 3 heterocycles. The lowest BCUT2D eigenvalue weighted by Crippen LogP contribution is -2.51. The summed E-state index contributed by atoms with van der Waals surface area (Å²) in [5.74, 6) is 2.50. The lowest BCUT2D eigenvalue weighted by Gasteiger charge is -2.44. The molecule has 5 rings (SSSR count). The lowest BCUT2D eigenvalue weighted by atomic mass is 9.82. The molecule has 2 aliphatic heterocycles. The fourth-order valence-corrected chi connectivity index (χ4v) is 4.35. The van der Waals surface area contributed by atoms with Crippen molar-refractivity contribution >= 4 is 22.8 Å². The van der Waals surface area contributed by atoms with Crippen molar-refractivity contribution in [3.8, 4) is 17.2 Å². The number of piperidine rings is 1. The van der Waals surface area contributed by atoms with Crippen LogP contribution in [0.15, 0.2) is 36.4 Å². The maximum Gasteiger partial charge on any atom is 0.204 e. The number of methoxy groups -OCH3 is 2. The molecular formula is C22H23N3O4. The number of aromatic amines is 1. The molecule has 2 aromatic carbocycles. The third kappa shape index (κ3) is 2.88. The average molecular weight is 393 g/mol. The minimum atomic E-state index is -0.522. The number of ketones is 1. The number of para-hydroxylation sites is 2. The highest BCUT2D eigenvalue weighted by Gasteiger charge is 2.44. The second kappa shape index (κ2) is 6.69. The van der Waals surface area contributed by atoms with E-state index in [9.17, 15) is 4.79 Å². The Labute approximate surface area is 168 Å². The minimum absolute atomic E-state index is 0.0874. The molecule has 1 N–H and O–H groups in total. The van der Waals surface area contributed by atoms with Crippen LogP contribution in [0.25, 0.3) is 11.0 Å². The number of hydrogen-bond acceptors (Lipinski definition) is 6. The third-order valence-electron chi connectivity index (χ3n) is 5.95. The fraction of sp³-hybridized carbons (Fsp3) is 0.364. The van der Waals surface area contributed by atoms with E-state index in [0.717, 1.165) is 42.9 Å². The van der Waals surface area contributed by atoms with Crippen molar-refractivity contribution in [1.82, 2.24) is 9.97 Å². The molecule has 0 saturated carbocycles. The van der Waals surface area contributed by atoms with Crippen LogP contribution in [0.3, 0.4) is 0 Å². The molecule has 0 unspecified atom stereocenters. The molecule has 1 saturated heterocycles. The van der Waals surface area contributed by atoms with Crippen LogP contribution in [0.5, 0.6) is 17.2 Å². The molecule has 0 atom stereocenters. The topological polar surface area (TPSA) is 76.7 Å². The predicted molar refractivity (Wildman–Crippen MR) is 109 cm³/mol. The summed E-state index contributed by atoms with van der Waals surface area (Å²) >= 11 is 0. The van der Waals surface area contributed by atoms with Gasteiger partial charge in [0.15, 0.2) is 17.3 Å². The van der Waals surface area contributed by atoms with Crippen molar-refractivity contribution in [2.75, 3.05) is 32.2 Å². The number of aromatic nitrogens is 2. The summed E-state index contributed by atoms with van der Waals surface area (Å²) in [6.07, 6.45) is 1.84. The lowest BCUT2D eigenvalue weighted by molar-refractivity contribution is 0.0206. The molecule has 0 radical (unpaired) electrons. The Bertz CT molecular complexity index is 1050. The number of ether oxygens (including phenoxy) is 3. The van der Waals surface area contributed by atoms with Crippen LogP contribution in [-0.4, -0.2) is 48.7 Å². The quantitative estimate of drug-likeness (QED) is 0.733. The first-order valence-corrected chi connectivity index (χ1v) is 9.79. The summed E-state index contributed by atoms with van der Waals surface area (Å²) in [6, 6.07) is 11.5. The molecule has 3 aromatic rings. The van der Waals surface area contributed by atoms with Gasteiger partial charge in [0.25, 0.3) is 0 Å². The number of Topliss-reactive ketones (excluding diaryl/α,β-unsaturated/α-hetero) is 1. The van der Waals surface area contributed by atoms with Gasteiger partial charge in [-0.2, -0.15) is 0 Å². The minimum Gasteiger partial charge on any atom is -0.493 e. The van der Waals surface area contributed by atoms with Gasteiger partial charge in [0, 0.05) is 25.9 Å². The van der Waals surface area contributed by atoms with Gasteiger partial charge in [0.05, 0.1) is 37.2 Å². The van der Waals surface area contributed by atoms with Gasteiger partial charge in [-0.3, -0.25) is 4.79 Å². The number of carbonyl (C=O) groups is 1. The molecule has 29 heavy (non-hydrogen) atoms. The number of anilines is 1. The van der Waals surface area contributed by atoms with Gasteiger partial charge < -0.3 is 24.1 Å². The number of carbonyl (C=O) groups excluding carboxylic acids is 1. The standard InChI is InChI=1S/C22H23N3O4/c1-27-18-8-7-14-17(26)13-22(29-19(14)20(18)28-2)9-11-25(12-10-22)21-23-15-5-3-4-6-16(15)24-21/h3-8H,9-13H2,1-2H3,(H,23,24). The van der Waals surface area contributed by atoms with E-state index in [0.29, 0.717) is 29.2 Å². The van der Waals surface area contributed by atoms with Gasteiger partial charge in [0.1, 0.15) is 5.60 Å². The van der Waals surface area contributed by atoms with Crippen LogP contribution in [0, 0.1) is 0 Å². The molecule has 0 amide bonds. The highest BCUT2D eigenvalue weighted by Crippen LogP contribution is 2.48. The fourth-order valence-electron chi connectivity index (χ4n) is 4.35. The zero-order chi connectivity index (χ0) is 20.0. The maximum atomic E-state index is 12.9. The maximum absolute atomic E-state index is 12.9.